The first-order valence-corrected chi connectivity index (χ1v) is 6.12. The highest BCUT2D eigenvalue weighted by molar-refractivity contribution is 6.61. The Morgan fingerprint density at radius 2 is 2.00 bits per heavy atom. The van der Waals surface area contributed by atoms with Crippen molar-refractivity contribution in [3.05, 3.63) is 0 Å². The van der Waals surface area contributed by atoms with Crippen LogP contribution in [0.5, 0.6) is 0 Å². The maximum Gasteiger partial charge on any atom is 0.182 e. The second-order valence-electron chi connectivity index (χ2n) is 4.93. The molecule has 0 aromatic heterocycles. The van der Waals surface area contributed by atoms with E-state index in [1.807, 2.05) is 0 Å². The third-order valence-electron chi connectivity index (χ3n) is 4.20. The van der Waals surface area contributed by atoms with Crippen LogP contribution in [-0.4, -0.2) is 10.1 Å². The normalized spacial score (nSPS) is 40.6. The van der Waals surface area contributed by atoms with E-state index < -0.39 is 4.33 Å². The van der Waals surface area contributed by atoms with E-state index >= 15 is 0 Å². The predicted octanol–water partition coefficient (Wildman–Crippen LogP) is 3.58. The zero-order valence-electron chi connectivity index (χ0n) is 8.65. The first kappa shape index (κ1) is 10.8. The van der Waals surface area contributed by atoms with Gasteiger partial charge in [-0.25, -0.2) is 0 Å². The lowest BCUT2D eigenvalue weighted by Gasteiger charge is -2.61. The van der Waals surface area contributed by atoms with Crippen molar-refractivity contribution in [2.45, 2.75) is 43.9 Å². The fourth-order valence-corrected chi connectivity index (χ4v) is 4.51. The Balaban J connectivity index is 2.37. The minimum absolute atomic E-state index is 0.0641. The molecule has 2 aliphatic carbocycles. The first-order chi connectivity index (χ1) is 6.44. The molecule has 2 rings (SSSR count). The number of hydrogen-bond donors (Lipinski definition) is 0. The third kappa shape index (κ3) is 1.01. The van der Waals surface area contributed by atoms with Crippen LogP contribution in [0, 0.1) is 17.3 Å². The number of halogens is 2. The molecule has 14 heavy (non-hydrogen) atoms. The van der Waals surface area contributed by atoms with Crippen LogP contribution in [0.2, 0.25) is 0 Å². The average molecular weight is 235 g/mol. The number of ketones is 1. The van der Waals surface area contributed by atoms with E-state index in [1.54, 1.807) is 0 Å². The number of rotatable bonds is 1. The minimum atomic E-state index is -1.10. The summed E-state index contributed by atoms with van der Waals surface area (Å²) >= 11 is 12.4. The van der Waals surface area contributed by atoms with Crippen LogP contribution in [0.4, 0.5) is 0 Å². The Bertz CT molecular complexity index is 272. The lowest BCUT2D eigenvalue weighted by Crippen LogP contribution is -2.68. The highest BCUT2D eigenvalue weighted by atomic mass is 35.5. The SMILES string of the molecule is CC(C)C12CCCCC1C(=O)C2(Cl)Cl. The van der Waals surface area contributed by atoms with Crippen LogP contribution in [0.3, 0.4) is 0 Å². The number of fused-ring (bicyclic) bond motifs is 1. The van der Waals surface area contributed by atoms with Gasteiger partial charge in [-0.2, -0.15) is 0 Å². The van der Waals surface area contributed by atoms with Crippen LogP contribution in [0.1, 0.15) is 39.5 Å². The van der Waals surface area contributed by atoms with Crippen molar-refractivity contribution in [1.29, 1.82) is 0 Å². The van der Waals surface area contributed by atoms with Crippen molar-refractivity contribution in [2.24, 2.45) is 17.3 Å². The highest BCUT2D eigenvalue weighted by Gasteiger charge is 2.72. The molecule has 3 heteroatoms. The molecule has 0 saturated heterocycles. The van der Waals surface area contributed by atoms with Crippen molar-refractivity contribution in [2.75, 3.05) is 0 Å². The second kappa shape index (κ2) is 3.12. The van der Waals surface area contributed by atoms with Gasteiger partial charge in [0.15, 0.2) is 10.1 Å². The predicted molar refractivity (Wildman–Crippen MR) is 58.7 cm³/mol. The van der Waals surface area contributed by atoms with Gasteiger partial charge >= 0.3 is 0 Å². The Morgan fingerprint density at radius 3 is 2.50 bits per heavy atom. The van der Waals surface area contributed by atoms with Gasteiger partial charge in [0.25, 0.3) is 0 Å². The summed E-state index contributed by atoms with van der Waals surface area (Å²) in [6.07, 6.45) is 4.30. The van der Waals surface area contributed by atoms with Crippen molar-refractivity contribution in [3.8, 4) is 0 Å². The van der Waals surface area contributed by atoms with Crippen molar-refractivity contribution >= 4 is 29.0 Å². The molecule has 0 amide bonds. The van der Waals surface area contributed by atoms with Crippen molar-refractivity contribution in [1.82, 2.24) is 0 Å². The van der Waals surface area contributed by atoms with Gasteiger partial charge in [-0.15, -0.1) is 0 Å². The van der Waals surface area contributed by atoms with Crippen LogP contribution in [0.25, 0.3) is 0 Å². The largest absolute Gasteiger partial charge is 0.296 e. The lowest BCUT2D eigenvalue weighted by atomic mass is 9.48. The first-order valence-electron chi connectivity index (χ1n) is 5.36. The summed E-state index contributed by atoms with van der Waals surface area (Å²) in [5.41, 5.74) is -0.133. The molecule has 0 aromatic carbocycles. The molecule has 0 spiro atoms. The molecule has 0 heterocycles. The van der Waals surface area contributed by atoms with E-state index in [-0.39, 0.29) is 17.1 Å². The van der Waals surface area contributed by atoms with Gasteiger partial charge in [0.1, 0.15) is 0 Å². The summed E-state index contributed by atoms with van der Waals surface area (Å²) < 4.78 is -1.10. The van der Waals surface area contributed by atoms with Crippen LogP contribution in [-0.2, 0) is 4.79 Å². The quantitative estimate of drug-likeness (QED) is 0.635. The molecule has 1 nitrogen and oxygen atoms in total. The van der Waals surface area contributed by atoms with Crippen molar-refractivity contribution < 1.29 is 4.79 Å². The van der Waals surface area contributed by atoms with Gasteiger partial charge in [0, 0.05) is 11.3 Å². The van der Waals surface area contributed by atoms with E-state index in [0.717, 1.165) is 25.7 Å². The number of carbonyl (C=O) groups is 1. The molecular formula is C11H16Cl2O. The summed E-state index contributed by atoms with van der Waals surface area (Å²) in [7, 11) is 0. The maximum absolute atomic E-state index is 11.8. The molecule has 2 fully saturated rings. The molecule has 0 radical (unpaired) electrons. The average Bonchev–Trinajstić information content (AvgIpc) is 2.16. The van der Waals surface area contributed by atoms with Gasteiger partial charge < -0.3 is 0 Å². The van der Waals surface area contributed by atoms with Crippen molar-refractivity contribution in [3.63, 3.8) is 0 Å². The van der Waals surface area contributed by atoms with E-state index in [0.29, 0.717) is 5.92 Å². The van der Waals surface area contributed by atoms with Gasteiger partial charge in [-0.05, 0) is 18.8 Å². The second-order valence-corrected chi connectivity index (χ2v) is 6.26. The third-order valence-corrected chi connectivity index (χ3v) is 5.27. The fraction of sp³-hybridized carbons (Fsp3) is 0.909. The molecule has 2 aliphatic rings. The summed E-state index contributed by atoms with van der Waals surface area (Å²) in [6, 6.07) is 0. The van der Waals surface area contributed by atoms with E-state index in [2.05, 4.69) is 13.8 Å². The summed E-state index contributed by atoms with van der Waals surface area (Å²) in [5.74, 6) is 0.584. The molecule has 2 atom stereocenters. The van der Waals surface area contributed by atoms with Crippen LogP contribution >= 0.6 is 23.2 Å². The standard InChI is InChI=1S/C11H16Cl2O/c1-7(2)10-6-4-3-5-8(10)9(14)11(10,12)13/h7-8H,3-6H2,1-2H3. The molecule has 2 unspecified atom stereocenters. The Hall–Kier alpha value is 0.250. The number of hydrogen-bond acceptors (Lipinski definition) is 1. The van der Waals surface area contributed by atoms with Gasteiger partial charge in [-0.3, -0.25) is 4.79 Å². The summed E-state index contributed by atoms with van der Waals surface area (Å²) in [4.78, 5) is 11.8. The topological polar surface area (TPSA) is 17.1 Å². The van der Waals surface area contributed by atoms with E-state index in [1.165, 1.54) is 0 Å². The molecule has 80 valence electrons. The zero-order valence-corrected chi connectivity index (χ0v) is 10.2. The van der Waals surface area contributed by atoms with Crippen LogP contribution < -0.4 is 0 Å². The van der Waals surface area contributed by atoms with E-state index in [4.69, 9.17) is 23.2 Å². The number of alkyl halides is 2. The van der Waals surface area contributed by atoms with Crippen LogP contribution in [0.15, 0.2) is 0 Å². The molecule has 0 bridgehead atoms. The van der Waals surface area contributed by atoms with Gasteiger partial charge in [0.05, 0.1) is 0 Å². The number of Topliss-reactive ketones (excluding diaryl/α,β-unsaturated/α-hetero) is 1. The maximum atomic E-state index is 11.8. The Morgan fingerprint density at radius 1 is 1.36 bits per heavy atom. The monoisotopic (exact) mass is 234 g/mol. The van der Waals surface area contributed by atoms with Gasteiger partial charge in [0.2, 0.25) is 0 Å². The molecule has 0 aliphatic heterocycles. The fourth-order valence-electron chi connectivity index (χ4n) is 3.36. The Labute approximate surface area is 95.1 Å². The summed E-state index contributed by atoms with van der Waals surface area (Å²) in [5, 5.41) is 0. The number of carbonyl (C=O) groups excluding carboxylic acids is 1. The minimum Gasteiger partial charge on any atom is -0.296 e. The van der Waals surface area contributed by atoms with E-state index in [9.17, 15) is 4.79 Å². The van der Waals surface area contributed by atoms with Gasteiger partial charge in [-0.1, -0.05) is 49.9 Å². The molecule has 0 N–H and O–H groups in total. The molecule has 2 saturated carbocycles. The highest BCUT2D eigenvalue weighted by Crippen LogP contribution is 2.67. The lowest BCUT2D eigenvalue weighted by molar-refractivity contribution is -0.155. The molecular weight excluding hydrogens is 219 g/mol. The Kier molecular flexibility index (Phi) is 2.40. The summed E-state index contributed by atoms with van der Waals surface area (Å²) in [6.45, 7) is 4.26. The zero-order chi connectivity index (χ0) is 10.6. The molecule has 0 aromatic rings. The smallest absolute Gasteiger partial charge is 0.182 e.